The van der Waals surface area contributed by atoms with Crippen LogP contribution in [0.15, 0.2) is 35.1 Å². The summed E-state index contributed by atoms with van der Waals surface area (Å²) in [5, 5.41) is 22.7. The number of hydrogen-bond acceptors (Lipinski definition) is 9. The van der Waals surface area contributed by atoms with E-state index in [1.807, 2.05) is 6.07 Å². The molecule has 2 aromatic rings. The lowest BCUT2D eigenvalue weighted by molar-refractivity contribution is -0.137. The van der Waals surface area contributed by atoms with Crippen LogP contribution in [0.5, 0.6) is 11.5 Å². The fourth-order valence-corrected chi connectivity index (χ4v) is 5.79. The number of hydrogen-bond donors (Lipinski definition) is 2. The first kappa shape index (κ1) is 26.5. The Morgan fingerprint density at radius 3 is 2.59 bits per heavy atom. The normalized spacial score (nSPS) is 21.9. The van der Waals surface area contributed by atoms with Gasteiger partial charge in [0.25, 0.3) is 11.5 Å². The van der Waals surface area contributed by atoms with Crippen molar-refractivity contribution in [1.29, 1.82) is 0 Å². The van der Waals surface area contributed by atoms with Crippen LogP contribution in [0.3, 0.4) is 0 Å². The highest BCUT2D eigenvalue weighted by Crippen LogP contribution is 2.36. The summed E-state index contributed by atoms with van der Waals surface area (Å²) in [6.45, 7) is 1.22. The zero-order valence-corrected chi connectivity index (χ0v) is 21.7. The number of nitrogens with one attached hydrogen (secondary N) is 1. The lowest BCUT2D eigenvalue weighted by Crippen LogP contribution is -2.50. The van der Waals surface area contributed by atoms with Gasteiger partial charge in [-0.1, -0.05) is 6.07 Å². The fraction of sp³-hybridized carbons (Fsp3) is 0.462. The predicted octanol–water partition coefficient (Wildman–Crippen LogP) is 1.06. The summed E-state index contributed by atoms with van der Waals surface area (Å²) in [7, 11) is 3.07. The minimum Gasteiger partial charge on any atom is -0.733 e. The van der Waals surface area contributed by atoms with E-state index < -0.39 is 28.8 Å². The van der Waals surface area contributed by atoms with Crippen molar-refractivity contribution in [3.63, 3.8) is 0 Å². The summed E-state index contributed by atoms with van der Waals surface area (Å²) in [5.74, 6) is 0.305. The summed E-state index contributed by atoms with van der Waals surface area (Å²) in [6.07, 6.45) is 1.04. The number of carbonyl (C=O) groups excluding carboxylic acids is 3. The summed E-state index contributed by atoms with van der Waals surface area (Å²) in [4.78, 5) is 54.2. The highest BCUT2D eigenvalue weighted by atomic mass is 16.8. The first-order chi connectivity index (χ1) is 18.7. The SMILES string of the molecule is COc1ccc(CCN2C(=O)NC(CC(=O)N3CC4CC(C3)c3ccc(N([O-])O)c(=O)n3C4)C2=O)cc1OC. The summed E-state index contributed by atoms with van der Waals surface area (Å²) in [6, 6.07) is 6.82. The summed E-state index contributed by atoms with van der Waals surface area (Å²) < 4.78 is 12.0. The van der Waals surface area contributed by atoms with Gasteiger partial charge in [-0.3, -0.25) is 24.5 Å². The van der Waals surface area contributed by atoms with Crippen LogP contribution in [0.4, 0.5) is 10.5 Å². The number of ether oxygens (including phenoxy) is 2. The van der Waals surface area contributed by atoms with Crippen molar-refractivity contribution < 1.29 is 29.1 Å². The van der Waals surface area contributed by atoms with Crippen LogP contribution in [0, 0.1) is 11.1 Å². The first-order valence-corrected chi connectivity index (χ1v) is 12.7. The van der Waals surface area contributed by atoms with E-state index in [9.17, 15) is 29.6 Å². The lowest BCUT2D eigenvalue weighted by atomic mass is 9.83. The largest absolute Gasteiger partial charge is 0.733 e. The lowest BCUT2D eigenvalue weighted by Gasteiger charge is -2.43. The number of carbonyl (C=O) groups is 3. The second kappa shape index (κ2) is 10.6. The van der Waals surface area contributed by atoms with Crippen LogP contribution in [-0.4, -0.2) is 77.3 Å². The highest BCUT2D eigenvalue weighted by molar-refractivity contribution is 6.05. The third-order valence-electron chi connectivity index (χ3n) is 7.70. The number of piperidine rings is 1. The van der Waals surface area contributed by atoms with Gasteiger partial charge in [0.1, 0.15) is 11.7 Å². The molecule has 2 bridgehead atoms. The molecule has 0 aliphatic carbocycles. The Kier molecular flexibility index (Phi) is 7.19. The van der Waals surface area contributed by atoms with Crippen LogP contribution in [0.2, 0.25) is 0 Å². The first-order valence-electron chi connectivity index (χ1n) is 12.7. The van der Waals surface area contributed by atoms with E-state index in [1.165, 1.54) is 17.7 Å². The molecular formula is C26H30N5O8-. The van der Waals surface area contributed by atoms with Gasteiger partial charge < -0.3 is 34.7 Å². The van der Waals surface area contributed by atoms with Gasteiger partial charge in [-0.15, -0.1) is 0 Å². The van der Waals surface area contributed by atoms with Crippen LogP contribution >= 0.6 is 0 Å². The van der Waals surface area contributed by atoms with Crippen molar-refractivity contribution in [2.45, 2.75) is 37.8 Å². The van der Waals surface area contributed by atoms with Gasteiger partial charge in [-0.05, 0) is 48.6 Å². The molecule has 1 aromatic heterocycles. The van der Waals surface area contributed by atoms with Crippen molar-refractivity contribution in [3.8, 4) is 11.5 Å². The van der Waals surface area contributed by atoms with Gasteiger partial charge in [-0.25, -0.2) is 4.79 Å². The number of likely N-dealkylation sites (tertiary alicyclic amines) is 1. The van der Waals surface area contributed by atoms with Gasteiger partial charge in [-0.2, -0.15) is 0 Å². The topological polar surface area (TPSA) is 157 Å². The molecule has 13 nitrogen and oxygen atoms in total. The predicted molar refractivity (Wildman–Crippen MR) is 138 cm³/mol. The third kappa shape index (κ3) is 5.02. The molecule has 39 heavy (non-hydrogen) atoms. The number of methoxy groups -OCH3 is 2. The number of anilines is 1. The molecule has 3 aliphatic heterocycles. The summed E-state index contributed by atoms with van der Waals surface area (Å²) in [5.41, 5.74) is 0.650. The Labute approximate surface area is 224 Å². The number of rotatable bonds is 8. The Morgan fingerprint density at radius 1 is 1.10 bits per heavy atom. The van der Waals surface area contributed by atoms with E-state index in [1.54, 1.807) is 30.2 Å². The maximum atomic E-state index is 13.2. The molecule has 3 unspecified atom stereocenters. The van der Waals surface area contributed by atoms with Crippen LogP contribution in [0.1, 0.15) is 30.0 Å². The molecule has 4 heterocycles. The molecule has 0 radical (unpaired) electrons. The number of urea groups is 1. The Morgan fingerprint density at radius 2 is 1.87 bits per heavy atom. The quantitative estimate of drug-likeness (QED) is 0.369. The van der Waals surface area contributed by atoms with Gasteiger partial charge in [0, 0.05) is 37.8 Å². The molecule has 208 valence electrons. The second-order valence-corrected chi connectivity index (χ2v) is 10.1. The highest BCUT2D eigenvalue weighted by Gasteiger charge is 2.42. The Balaban J connectivity index is 1.21. The molecule has 2 saturated heterocycles. The minimum absolute atomic E-state index is 0.0150. The van der Waals surface area contributed by atoms with Gasteiger partial charge in [0.05, 0.1) is 20.6 Å². The Hall–Kier alpha value is -4.10. The van der Waals surface area contributed by atoms with Crippen LogP contribution < -0.4 is 25.6 Å². The van der Waals surface area contributed by atoms with E-state index in [-0.39, 0.29) is 36.4 Å². The van der Waals surface area contributed by atoms with E-state index >= 15 is 0 Å². The van der Waals surface area contributed by atoms with Crippen molar-refractivity contribution in [2.75, 3.05) is 39.1 Å². The van der Waals surface area contributed by atoms with Gasteiger partial charge in [0.15, 0.2) is 11.5 Å². The maximum Gasteiger partial charge on any atom is 0.324 e. The number of pyridine rings is 1. The van der Waals surface area contributed by atoms with Crippen LogP contribution in [0.25, 0.3) is 0 Å². The van der Waals surface area contributed by atoms with Crippen molar-refractivity contribution in [1.82, 2.24) is 19.7 Å². The van der Waals surface area contributed by atoms with Crippen molar-refractivity contribution in [3.05, 3.63) is 57.2 Å². The average molecular weight is 541 g/mol. The molecule has 2 N–H and O–H groups in total. The maximum absolute atomic E-state index is 13.2. The number of nitrogens with zero attached hydrogens (tertiary/aromatic N) is 4. The van der Waals surface area contributed by atoms with Gasteiger partial charge >= 0.3 is 6.03 Å². The zero-order chi connectivity index (χ0) is 27.8. The van der Waals surface area contributed by atoms with Crippen molar-refractivity contribution in [2.24, 2.45) is 5.92 Å². The molecule has 5 rings (SSSR count). The summed E-state index contributed by atoms with van der Waals surface area (Å²) >= 11 is 0. The van der Waals surface area contributed by atoms with E-state index in [2.05, 4.69) is 5.32 Å². The molecule has 0 spiro atoms. The molecule has 1 aromatic carbocycles. The number of fused-ring (bicyclic) bond motifs is 4. The third-order valence-corrected chi connectivity index (χ3v) is 7.70. The average Bonchev–Trinajstić information content (AvgIpc) is 3.18. The fourth-order valence-electron chi connectivity index (χ4n) is 5.79. The molecule has 3 atom stereocenters. The molecule has 3 aliphatic rings. The number of aromatic nitrogens is 1. The molecule has 13 heteroatoms. The van der Waals surface area contributed by atoms with Crippen molar-refractivity contribution >= 4 is 23.5 Å². The molecule has 4 amide bonds. The standard InChI is InChI=1S/C26H30N5O8/c1-38-21-6-3-15(10-22(21)39-2)7-8-29-24(33)18(27-26(29)35)11-23(32)28-12-16-9-17(14-28)19-4-5-20(31(36)37)25(34)30(19)13-16/h3-6,10,16-18,36H,7-9,11-14H2,1-2H3,(H,27,35)/q-1. The van der Waals surface area contributed by atoms with Gasteiger partial charge in [0.2, 0.25) is 5.91 Å². The monoisotopic (exact) mass is 540 g/mol. The number of imide groups is 1. The van der Waals surface area contributed by atoms with E-state index in [0.29, 0.717) is 43.2 Å². The van der Waals surface area contributed by atoms with E-state index in [0.717, 1.165) is 16.9 Å². The number of benzene rings is 1. The molecule has 2 fully saturated rings. The van der Waals surface area contributed by atoms with E-state index in [4.69, 9.17) is 9.47 Å². The minimum atomic E-state index is -0.942. The molecular weight excluding hydrogens is 510 g/mol. The second-order valence-electron chi connectivity index (χ2n) is 10.1. The zero-order valence-electron chi connectivity index (χ0n) is 21.7. The number of amides is 4. The Bertz CT molecular complexity index is 1360. The molecule has 0 saturated carbocycles. The van der Waals surface area contributed by atoms with Crippen LogP contribution in [-0.2, 0) is 22.6 Å². The smallest absolute Gasteiger partial charge is 0.324 e.